The van der Waals surface area contributed by atoms with Gasteiger partial charge in [0.2, 0.25) is 0 Å². The molecule has 0 aliphatic carbocycles. The number of allylic oxidation sites excluding steroid dienone is 22. The summed E-state index contributed by atoms with van der Waals surface area (Å²) in [6.07, 6.45) is 82.4. The van der Waals surface area contributed by atoms with Gasteiger partial charge in [0.05, 0.1) is 34.4 Å². The number of hydrogen-bond donors (Lipinski definition) is 1. The van der Waals surface area contributed by atoms with Crippen molar-refractivity contribution in [3.63, 3.8) is 0 Å². The molecule has 0 aromatic carbocycles. The molecule has 2 atom stereocenters. The van der Waals surface area contributed by atoms with E-state index in [-0.39, 0.29) is 38.6 Å². The summed E-state index contributed by atoms with van der Waals surface area (Å²) < 4.78 is 22.9. The van der Waals surface area contributed by atoms with Crippen LogP contribution in [-0.2, 0) is 33.3 Å². The minimum absolute atomic E-state index is 0.178. The van der Waals surface area contributed by atoms with Crippen LogP contribution in [0.15, 0.2) is 134 Å². The number of esters is 2. The zero-order chi connectivity index (χ0) is 57.6. The van der Waals surface area contributed by atoms with Gasteiger partial charge in [-0.1, -0.05) is 244 Å². The molecule has 9 heteroatoms. The first kappa shape index (κ1) is 74.4. The highest BCUT2D eigenvalue weighted by molar-refractivity contribution is 5.71. The first-order valence-corrected chi connectivity index (χ1v) is 31.3. The Kier molecular flexibility index (Phi) is 56.1. The fraction of sp³-hybridized carbons (Fsp3) is 0.643. The minimum Gasteiger partial charge on any atom is -0.477 e. The van der Waals surface area contributed by atoms with Crippen LogP contribution in [0, 0.1) is 0 Å². The molecule has 0 aromatic heterocycles. The molecule has 0 heterocycles. The van der Waals surface area contributed by atoms with Crippen LogP contribution >= 0.6 is 0 Å². The summed E-state index contributed by atoms with van der Waals surface area (Å²) >= 11 is 0. The molecule has 0 aliphatic rings. The minimum atomic E-state index is -1.52. The number of likely N-dealkylation sites (N-methyl/N-ethyl adjacent to an activating group) is 1. The lowest BCUT2D eigenvalue weighted by Crippen LogP contribution is -2.40. The van der Waals surface area contributed by atoms with Crippen molar-refractivity contribution in [3.8, 4) is 0 Å². The molecule has 0 rings (SSSR count). The van der Waals surface area contributed by atoms with Crippen molar-refractivity contribution in [2.75, 3.05) is 47.5 Å². The van der Waals surface area contributed by atoms with Crippen molar-refractivity contribution >= 4 is 17.9 Å². The van der Waals surface area contributed by atoms with Crippen molar-refractivity contribution in [3.05, 3.63) is 134 Å². The van der Waals surface area contributed by atoms with Crippen LogP contribution in [-0.4, -0.2) is 87.4 Å². The smallest absolute Gasteiger partial charge is 0.361 e. The number of unbranched alkanes of at least 4 members (excludes halogenated alkanes) is 19. The lowest BCUT2D eigenvalue weighted by atomic mass is 10.0. The highest BCUT2D eigenvalue weighted by Gasteiger charge is 2.25. The van der Waals surface area contributed by atoms with Gasteiger partial charge in [-0.05, 0) is 109 Å². The molecule has 0 aliphatic heterocycles. The quantitative estimate of drug-likeness (QED) is 0.0211. The molecule has 0 saturated heterocycles. The summed E-state index contributed by atoms with van der Waals surface area (Å²) in [5.41, 5.74) is 0. The van der Waals surface area contributed by atoms with E-state index >= 15 is 0 Å². The number of rotatable bonds is 56. The fourth-order valence-electron chi connectivity index (χ4n) is 8.16. The molecule has 0 fully saturated rings. The van der Waals surface area contributed by atoms with Crippen LogP contribution in [0.25, 0.3) is 0 Å². The third-order valence-electron chi connectivity index (χ3n) is 12.9. The van der Waals surface area contributed by atoms with E-state index in [1.54, 1.807) is 0 Å². The molecule has 0 aromatic rings. The number of carbonyl (C=O) groups is 3. The molecule has 448 valence electrons. The van der Waals surface area contributed by atoms with Gasteiger partial charge in [-0.3, -0.25) is 9.59 Å². The van der Waals surface area contributed by atoms with Gasteiger partial charge >= 0.3 is 17.9 Å². The van der Waals surface area contributed by atoms with Gasteiger partial charge in [0.1, 0.15) is 13.2 Å². The Bertz CT molecular complexity index is 1750. The van der Waals surface area contributed by atoms with E-state index < -0.39 is 24.3 Å². The Morgan fingerprint density at radius 1 is 0.380 bits per heavy atom. The number of carbonyl (C=O) groups excluding carboxylic acids is 2. The summed E-state index contributed by atoms with van der Waals surface area (Å²) in [4.78, 5) is 37.5. The number of nitrogens with zero attached hydrogens (tertiary/aromatic N) is 1. The summed E-state index contributed by atoms with van der Waals surface area (Å²) in [6.45, 7) is 4.63. The van der Waals surface area contributed by atoms with Gasteiger partial charge in [0, 0.05) is 12.8 Å². The highest BCUT2D eigenvalue weighted by Crippen LogP contribution is 2.15. The summed E-state index contributed by atoms with van der Waals surface area (Å²) in [5.74, 6) is -2.03. The van der Waals surface area contributed by atoms with Gasteiger partial charge < -0.3 is 28.5 Å². The van der Waals surface area contributed by atoms with Crippen LogP contribution in [0.1, 0.15) is 232 Å². The average Bonchev–Trinajstić information content (AvgIpc) is 3.42. The largest absolute Gasteiger partial charge is 0.477 e. The number of carboxylic acids is 1. The molecule has 0 spiro atoms. The maximum absolute atomic E-state index is 12.9. The first-order chi connectivity index (χ1) is 38.6. The topological polar surface area (TPSA) is 108 Å². The summed E-state index contributed by atoms with van der Waals surface area (Å²) in [5, 5.41) is 9.73. The molecule has 9 nitrogen and oxygen atoms in total. The van der Waals surface area contributed by atoms with E-state index in [4.69, 9.17) is 18.9 Å². The predicted molar refractivity (Wildman–Crippen MR) is 336 cm³/mol. The Morgan fingerprint density at radius 2 is 0.684 bits per heavy atom. The molecule has 79 heavy (non-hydrogen) atoms. The van der Waals surface area contributed by atoms with Crippen LogP contribution in [0.2, 0.25) is 0 Å². The Labute approximate surface area is 484 Å². The van der Waals surface area contributed by atoms with E-state index in [1.807, 2.05) is 21.1 Å². The second kappa shape index (κ2) is 59.5. The van der Waals surface area contributed by atoms with Crippen molar-refractivity contribution in [2.45, 2.75) is 245 Å². The summed E-state index contributed by atoms with van der Waals surface area (Å²) in [6, 6.07) is 0. The number of ether oxygens (including phenoxy) is 4. The number of quaternary nitrogens is 1. The molecule has 0 bridgehead atoms. The molecular formula is C70H116NO8+. The SMILES string of the molecule is CC/C=C\C/C=C\C/C=C\C/C=C\C/C=C\C/C=C\CCCCCCCCCCC(=O)OC(COC(=O)CCCCCCCCCCCCC/C=C\C/C=C\C/C=C\C/C=C\C/C=C\CC)COC(OCC[N+](C)(C)C)C(=O)O. The Balaban J connectivity index is 4.26. The number of aliphatic carboxylic acids is 1. The van der Waals surface area contributed by atoms with Crippen LogP contribution < -0.4 is 0 Å². The molecular weight excluding hydrogens is 983 g/mol. The fourth-order valence-corrected chi connectivity index (χ4v) is 8.16. The second-order valence-corrected chi connectivity index (χ2v) is 21.6. The molecule has 1 N–H and O–H groups in total. The molecule has 0 saturated carbocycles. The van der Waals surface area contributed by atoms with Crippen molar-refractivity contribution < 1.29 is 42.9 Å². The van der Waals surface area contributed by atoms with Crippen LogP contribution in [0.5, 0.6) is 0 Å². The lowest BCUT2D eigenvalue weighted by molar-refractivity contribution is -0.870. The van der Waals surface area contributed by atoms with Crippen LogP contribution in [0.3, 0.4) is 0 Å². The maximum atomic E-state index is 12.9. The third-order valence-corrected chi connectivity index (χ3v) is 12.9. The van der Waals surface area contributed by atoms with Gasteiger partial charge in [0.15, 0.2) is 6.10 Å². The standard InChI is InChI=1S/C70H115NO8/c1-6-8-10-12-14-16-18-20-22-24-26-28-30-32-34-36-38-40-42-44-46-48-50-52-54-56-58-60-67(72)77-64-66(65-78-70(69(74)75)76-63-62-71(3,4)5)79-68(73)61-59-57-55-53-51-49-47-45-43-41-39-37-35-33-31-29-27-25-23-21-19-17-15-13-11-9-7-2/h8-11,14-17,20-23,26-29,32-35,39,41,66,70H,6-7,12-13,18-19,24-25,30-31,36-38,40,42-65H2,1-5H3/p+1/b10-8-,11-9-,16-14-,17-15-,22-20-,23-21-,28-26-,29-27-,34-32-,35-33-,41-39-. The average molecular weight is 1100 g/mol. The Morgan fingerprint density at radius 3 is 1.01 bits per heavy atom. The van der Waals surface area contributed by atoms with Crippen LogP contribution in [0.4, 0.5) is 0 Å². The van der Waals surface area contributed by atoms with E-state index in [0.717, 1.165) is 116 Å². The molecule has 0 amide bonds. The number of carboxylic acid groups (broad SMARTS) is 1. The van der Waals surface area contributed by atoms with E-state index in [2.05, 4.69) is 148 Å². The van der Waals surface area contributed by atoms with E-state index in [0.29, 0.717) is 17.4 Å². The van der Waals surface area contributed by atoms with Gasteiger partial charge in [-0.25, -0.2) is 4.79 Å². The number of hydrogen-bond acceptors (Lipinski definition) is 7. The predicted octanol–water partition coefficient (Wildman–Crippen LogP) is 19.0. The Hall–Kier alpha value is -4.57. The lowest BCUT2D eigenvalue weighted by Gasteiger charge is -2.25. The monoisotopic (exact) mass is 1100 g/mol. The van der Waals surface area contributed by atoms with Gasteiger partial charge in [-0.2, -0.15) is 0 Å². The molecule has 0 radical (unpaired) electrons. The second-order valence-electron chi connectivity index (χ2n) is 21.6. The zero-order valence-electron chi connectivity index (χ0n) is 51.0. The van der Waals surface area contributed by atoms with Crippen molar-refractivity contribution in [2.24, 2.45) is 0 Å². The zero-order valence-corrected chi connectivity index (χ0v) is 51.0. The normalized spacial score (nSPS) is 13.7. The molecule has 2 unspecified atom stereocenters. The van der Waals surface area contributed by atoms with Crippen molar-refractivity contribution in [1.29, 1.82) is 0 Å². The van der Waals surface area contributed by atoms with Gasteiger partial charge in [0.25, 0.3) is 6.29 Å². The highest BCUT2D eigenvalue weighted by atomic mass is 16.7. The third kappa shape index (κ3) is 60.9. The first-order valence-electron chi connectivity index (χ1n) is 31.3. The maximum Gasteiger partial charge on any atom is 0.361 e. The van der Waals surface area contributed by atoms with E-state index in [1.165, 1.54) is 83.5 Å². The van der Waals surface area contributed by atoms with E-state index in [9.17, 15) is 19.5 Å². The summed E-state index contributed by atoms with van der Waals surface area (Å²) in [7, 11) is 5.96. The van der Waals surface area contributed by atoms with Gasteiger partial charge in [-0.15, -0.1) is 0 Å². The van der Waals surface area contributed by atoms with Crippen molar-refractivity contribution in [1.82, 2.24) is 0 Å².